The molecule has 0 aliphatic carbocycles. The van der Waals surface area contributed by atoms with Crippen LogP contribution in [0.2, 0.25) is 5.15 Å². The third-order valence-corrected chi connectivity index (χ3v) is 5.67. The number of rotatable bonds is 6. The minimum absolute atomic E-state index is 0.0627. The number of fused-ring (bicyclic) bond motifs is 2. The lowest BCUT2D eigenvalue weighted by Crippen LogP contribution is -2.59. The van der Waals surface area contributed by atoms with Gasteiger partial charge in [-0.2, -0.15) is 0 Å². The fourth-order valence-electron chi connectivity index (χ4n) is 3.88. The molecule has 3 N–H and O–H groups in total. The van der Waals surface area contributed by atoms with E-state index >= 15 is 0 Å². The number of methoxy groups -OCH3 is 2. The number of aromatic nitrogens is 1. The third kappa shape index (κ3) is 3.65. The number of nitrogens with zero attached hydrogens (tertiary/aromatic N) is 2. The van der Waals surface area contributed by atoms with Gasteiger partial charge in [-0.3, -0.25) is 4.79 Å². The van der Waals surface area contributed by atoms with Gasteiger partial charge in [0.15, 0.2) is 28.1 Å². The first-order valence-corrected chi connectivity index (χ1v) is 10.1. The number of furan rings is 1. The third-order valence-electron chi connectivity index (χ3n) is 5.41. The van der Waals surface area contributed by atoms with Crippen LogP contribution in [0.15, 0.2) is 28.7 Å². The van der Waals surface area contributed by atoms with E-state index in [0.717, 1.165) is 18.1 Å². The molecule has 10 nitrogen and oxygen atoms in total. The standard InChI is InChI=1S/C21H17ClF2N4O6/c1-32-12-4-3-9-7-28(18(29)15(9)16(12)24)8-21(19(30)33-2,27-20(25)31)14-6-11-13(34-14)5-10(23)17(22)26-11/h3-6H,7-8H2,1-2H3,(H3,25,27,31)/t21-/m0/s1. The largest absolute Gasteiger partial charge is 0.494 e. The van der Waals surface area contributed by atoms with E-state index in [1.54, 1.807) is 0 Å². The Morgan fingerprint density at radius 3 is 2.71 bits per heavy atom. The second-order valence-electron chi connectivity index (χ2n) is 7.42. The lowest BCUT2D eigenvalue weighted by molar-refractivity contribution is -0.150. The highest BCUT2D eigenvalue weighted by Crippen LogP contribution is 2.36. The number of hydrogen-bond acceptors (Lipinski definition) is 7. The van der Waals surface area contributed by atoms with Crippen molar-refractivity contribution in [2.24, 2.45) is 5.73 Å². The number of nitrogens with one attached hydrogen (secondary N) is 1. The number of carbonyl (C=O) groups excluding carboxylic acids is 3. The molecule has 0 fully saturated rings. The number of carbonyl (C=O) groups is 3. The summed E-state index contributed by atoms with van der Waals surface area (Å²) in [6.07, 6.45) is 0. The number of hydrogen-bond donors (Lipinski definition) is 2. The van der Waals surface area contributed by atoms with Crippen LogP contribution in [-0.4, -0.2) is 48.6 Å². The summed E-state index contributed by atoms with van der Waals surface area (Å²) in [4.78, 5) is 43.0. The summed E-state index contributed by atoms with van der Waals surface area (Å²) < 4.78 is 44.1. The number of esters is 1. The maximum atomic E-state index is 14.8. The van der Waals surface area contributed by atoms with Gasteiger partial charge in [-0.25, -0.2) is 23.4 Å². The molecule has 1 aliphatic heterocycles. The summed E-state index contributed by atoms with van der Waals surface area (Å²) in [6.45, 7) is -0.666. The van der Waals surface area contributed by atoms with Crippen molar-refractivity contribution in [1.82, 2.24) is 15.2 Å². The number of benzene rings is 1. The summed E-state index contributed by atoms with van der Waals surface area (Å²) in [5.41, 5.74) is 3.22. The predicted molar refractivity (Wildman–Crippen MR) is 113 cm³/mol. The van der Waals surface area contributed by atoms with Crippen LogP contribution in [0.5, 0.6) is 5.75 Å². The highest BCUT2D eigenvalue weighted by Gasteiger charge is 2.50. The highest BCUT2D eigenvalue weighted by atomic mass is 35.5. The predicted octanol–water partition coefficient (Wildman–Crippen LogP) is 2.46. The molecular weight excluding hydrogens is 478 g/mol. The zero-order valence-electron chi connectivity index (χ0n) is 17.8. The van der Waals surface area contributed by atoms with Crippen molar-refractivity contribution in [1.29, 1.82) is 0 Å². The van der Waals surface area contributed by atoms with E-state index in [9.17, 15) is 23.2 Å². The second kappa shape index (κ2) is 8.45. The Morgan fingerprint density at radius 2 is 2.06 bits per heavy atom. The first-order chi connectivity index (χ1) is 16.1. The number of nitrogens with two attached hydrogens (primary N) is 1. The normalized spacial score (nSPS) is 14.6. The number of pyridine rings is 1. The molecular formula is C21H17ClF2N4O6. The van der Waals surface area contributed by atoms with E-state index in [-0.39, 0.29) is 34.7 Å². The zero-order valence-corrected chi connectivity index (χ0v) is 18.5. The van der Waals surface area contributed by atoms with Crippen LogP contribution in [-0.2, 0) is 21.6 Å². The monoisotopic (exact) mass is 494 g/mol. The molecule has 3 aromatic rings. The molecule has 2 aromatic heterocycles. The Bertz CT molecular complexity index is 1310. The maximum Gasteiger partial charge on any atom is 0.341 e. The number of primary amides is 1. The minimum Gasteiger partial charge on any atom is -0.494 e. The van der Waals surface area contributed by atoms with Crippen molar-refractivity contribution in [2.45, 2.75) is 12.1 Å². The Hall–Kier alpha value is -3.93. The van der Waals surface area contributed by atoms with Gasteiger partial charge in [0.2, 0.25) is 5.54 Å². The van der Waals surface area contributed by atoms with Crippen LogP contribution in [0.3, 0.4) is 0 Å². The lowest BCUT2D eigenvalue weighted by Gasteiger charge is -2.33. The fourth-order valence-corrected chi connectivity index (χ4v) is 4.02. The average Bonchev–Trinajstić information content (AvgIpc) is 3.34. The number of amides is 3. The van der Waals surface area contributed by atoms with Crippen molar-refractivity contribution in [3.8, 4) is 5.75 Å². The molecule has 0 radical (unpaired) electrons. The van der Waals surface area contributed by atoms with Crippen molar-refractivity contribution in [3.63, 3.8) is 0 Å². The van der Waals surface area contributed by atoms with Crippen molar-refractivity contribution in [2.75, 3.05) is 20.8 Å². The Kier molecular flexibility index (Phi) is 5.77. The molecule has 3 heterocycles. The summed E-state index contributed by atoms with van der Waals surface area (Å²) >= 11 is 5.73. The van der Waals surface area contributed by atoms with Gasteiger partial charge in [0.25, 0.3) is 5.91 Å². The number of halogens is 3. The van der Waals surface area contributed by atoms with E-state index < -0.39 is 46.8 Å². The molecule has 0 saturated heterocycles. The van der Waals surface area contributed by atoms with Crippen molar-refractivity contribution < 1.29 is 37.1 Å². The summed E-state index contributed by atoms with van der Waals surface area (Å²) in [5, 5.41) is 1.82. The molecule has 3 amide bonds. The first-order valence-electron chi connectivity index (χ1n) is 9.68. The first kappa shape index (κ1) is 23.2. The van der Waals surface area contributed by atoms with Crippen LogP contribution in [0.1, 0.15) is 21.7 Å². The van der Waals surface area contributed by atoms with Gasteiger partial charge < -0.3 is 29.8 Å². The molecule has 178 valence electrons. The van der Waals surface area contributed by atoms with Gasteiger partial charge in [-0.1, -0.05) is 17.7 Å². The molecule has 13 heteroatoms. The topological polar surface area (TPSA) is 137 Å². The van der Waals surface area contributed by atoms with Gasteiger partial charge in [-0.05, 0) is 11.6 Å². The van der Waals surface area contributed by atoms with Crippen molar-refractivity contribution in [3.05, 3.63) is 57.9 Å². The quantitative estimate of drug-likeness (QED) is 0.396. The van der Waals surface area contributed by atoms with Gasteiger partial charge in [0, 0.05) is 18.7 Å². The summed E-state index contributed by atoms with van der Waals surface area (Å²) in [7, 11) is 2.30. The van der Waals surface area contributed by atoms with Gasteiger partial charge in [0.1, 0.15) is 11.3 Å². The molecule has 4 rings (SSSR count). The molecule has 0 spiro atoms. The van der Waals surface area contributed by atoms with E-state index in [1.165, 1.54) is 25.3 Å². The Morgan fingerprint density at radius 1 is 1.32 bits per heavy atom. The summed E-state index contributed by atoms with van der Waals surface area (Å²) in [5.74, 6) is -3.96. The van der Waals surface area contributed by atoms with Gasteiger partial charge in [-0.15, -0.1) is 0 Å². The van der Waals surface area contributed by atoms with Crippen LogP contribution >= 0.6 is 11.6 Å². The van der Waals surface area contributed by atoms with Crippen LogP contribution < -0.4 is 15.8 Å². The minimum atomic E-state index is -2.18. The van der Waals surface area contributed by atoms with E-state index in [0.29, 0.717) is 5.56 Å². The van der Waals surface area contributed by atoms with Crippen LogP contribution in [0.4, 0.5) is 13.6 Å². The number of urea groups is 1. The average molecular weight is 495 g/mol. The summed E-state index contributed by atoms with van der Waals surface area (Å²) in [6, 6.07) is 3.89. The molecule has 1 aromatic carbocycles. The van der Waals surface area contributed by atoms with E-state index in [2.05, 4.69) is 10.3 Å². The van der Waals surface area contributed by atoms with E-state index in [4.69, 9.17) is 31.2 Å². The van der Waals surface area contributed by atoms with Crippen LogP contribution in [0, 0.1) is 11.6 Å². The molecule has 34 heavy (non-hydrogen) atoms. The molecule has 1 atom stereocenters. The maximum absolute atomic E-state index is 14.8. The van der Waals surface area contributed by atoms with Crippen LogP contribution in [0.25, 0.3) is 11.1 Å². The molecule has 0 saturated carbocycles. The smallest absolute Gasteiger partial charge is 0.341 e. The Labute approximate surface area is 195 Å². The molecule has 0 bridgehead atoms. The molecule has 1 aliphatic rings. The van der Waals surface area contributed by atoms with Gasteiger partial charge >= 0.3 is 12.0 Å². The van der Waals surface area contributed by atoms with E-state index in [1.807, 2.05) is 0 Å². The van der Waals surface area contributed by atoms with Gasteiger partial charge in [0.05, 0.1) is 26.3 Å². The lowest BCUT2D eigenvalue weighted by atomic mass is 9.95. The SMILES string of the molecule is COC(=O)[C@@](CN1Cc2ccc(OC)c(F)c2C1=O)(NC(N)=O)c1cc2nc(Cl)c(F)cc2o1. The van der Waals surface area contributed by atoms with Crippen molar-refractivity contribution >= 4 is 40.6 Å². The molecule has 0 unspecified atom stereocenters. The Balaban J connectivity index is 1.83. The fraction of sp³-hybridized carbons (Fsp3) is 0.238. The number of ether oxygens (including phenoxy) is 2. The second-order valence-corrected chi connectivity index (χ2v) is 7.78. The zero-order chi connectivity index (χ0) is 24.8. The highest BCUT2D eigenvalue weighted by molar-refractivity contribution is 6.29.